The van der Waals surface area contributed by atoms with Gasteiger partial charge in [0.1, 0.15) is 0 Å². The van der Waals surface area contributed by atoms with Crippen LogP contribution < -0.4 is 5.32 Å². The molecule has 0 aromatic carbocycles. The molecule has 1 N–H and O–H groups in total. The van der Waals surface area contributed by atoms with Gasteiger partial charge in [0.05, 0.1) is 18.5 Å². The van der Waals surface area contributed by atoms with Crippen molar-refractivity contribution in [2.24, 2.45) is 0 Å². The van der Waals surface area contributed by atoms with Gasteiger partial charge in [-0.3, -0.25) is 0 Å². The highest BCUT2D eigenvalue weighted by Gasteiger charge is 2.30. The molecule has 1 atom stereocenters. The van der Waals surface area contributed by atoms with E-state index in [0.717, 1.165) is 12.8 Å². The van der Waals surface area contributed by atoms with Crippen LogP contribution in [0.4, 0.5) is 0 Å². The lowest BCUT2D eigenvalue weighted by molar-refractivity contribution is 0.110. The van der Waals surface area contributed by atoms with Crippen molar-refractivity contribution in [2.45, 2.75) is 44.9 Å². The average molecular weight is 322 g/mol. The molecule has 0 amide bonds. The van der Waals surface area contributed by atoms with E-state index in [1.807, 2.05) is 13.8 Å². The fraction of sp³-hybridized carbons (Fsp3) is 1.00. The van der Waals surface area contributed by atoms with Crippen LogP contribution in [0.1, 0.15) is 33.6 Å². The topological polar surface area (TPSA) is 67.9 Å². The lowest BCUT2D eigenvalue weighted by atomic mass is 10.4. The minimum absolute atomic E-state index is 0.386. The summed E-state index contributed by atoms with van der Waals surface area (Å²) in [6.45, 7) is 8.88. The summed E-state index contributed by atoms with van der Waals surface area (Å²) in [4.78, 5) is 0. The number of hydrogen-bond acceptors (Lipinski definition) is 5. The normalized spacial score (nSPS) is 17.3. The molecule has 1 unspecified atom stereocenters. The van der Waals surface area contributed by atoms with Crippen LogP contribution in [0.5, 0.6) is 0 Å². The highest BCUT2D eigenvalue weighted by atomic mass is 32.2. The zero-order chi connectivity index (χ0) is 15.7. The molecule has 0 aliphatic heterocycles. The Kier molecular flexibility index (Phi) is 8.73. The van der Waals surface area contributed by atoms with Gasteiger partial charge in [0.25, 0.3) is 0 Å². The molecule has 0 bridgehead atoms. The molecule has 0 radical (unpaired) electrons. The van der Waals surface area contributed by atoms with E-state index in [4.69, 9.17) is 9.47 Å². The summed E-state index contributed by atoms with van der Waals surface area (Å²) in [6, 6.07) is 0.517. The van der Waals surface area contributed by atoms with Crippen LogP contribution in [0.2, 0.25) is 0 Å². The smallest absolute Gasteiger partial charge is 0.218 e. The summed E-state index contributed by atoms with van der Waals surface area (Å²) in [5.74, 6) is 0. The fourth-order valence-corrected chi connectivity index (χ4v) is 3.44. The van der Waals surface area contributed by atoms with Crippen molar-refractivity contribution < 1.29 is 17.9 Å². The second kappa shape index (κ2) is 9.74. The summed E-state index contributed by atoms with van der Waals surface area (Å²) < 4.78 is 37.3. The van der Waals surface area contributed by atoms with Gasteiger partial charge in [-0.1, -0.05) is 0 Å². The van der Waals surface area contributed by atoms with Gasteiger partial charge in [-0.05, 0) is 33.6 Å². The van der Waals surface area contributed by atoms with Crippen LogP contribution in [-0.2, 0) is 19.5 Å². The first-order valence-electron chi connectivity index (χ1n) is 7.90. The first kappa shape index (κ1) is 18.8. The Morgan fingerprint density at radius 1 is 1.14 bits per heavy atom. The van der Waals surface area contributed by atoms with Crippen molar-refractivity contribution in [3.8, 4) is 0 Å². The van der Waals surface area contributed by atoms with Gasteiger partial charge in [-0.25, -0.2) is 8.42 Å². The first-order valence-corrected chi connectivity index (χ1v) is 9.40. The van der Waals surface area contributed by atoms with E-state index in [9.17, 15) is 8.42 Å². The number of rotatable bonds is 13. The Hall–Kier alpha value is -0.210. The average Bonchev–Trinajstić information content (AvgIpc) is 3.27. The molecule has 1 aliphatic rings. The zero-order valence-corrected chi connectivity index (χ0v) is 14.3. The monoisotopic (exact) mass is 322 g/mol. The molecule has 1 saturated carbocycles. The lowest BCUT2D eigenvalue weighted by Crippen LogP contribution is -2.45. The second-order valence-corrected chi connectivity index (χ2v) is 7.68. The van der Waals surface area contributed by atoms with Crippen molar-refractivity contribution >= 4 is 10.0 Å². The first-order chi connectivity index (χ1) is 10.0. The van der Waals surface area contributed by atoms with Gasteiger partial charge < -0.3 is 14.8 Å². The van der Waals surface area contributed by atoms with Gasteiger partial charge in [-0.2, -0.15) is 4.31 Å². The van der Waals surface area contributed by atoms with Crippen molar-refractivity contribution in [3.05, 3.63) is 0 Å². The maximum absolute atomic E-state index is 12.6. The van der Waals surface area contributed by atoms with E-state index in [1.54, 1.807) is 6.92 Å². The highest BCUT2D eigenvalue weighted by molar-refractivity contribution is 7.89. The molecule has 126 valence electrons. The van der Waals surface area contributed by atoms with Gasteiger partial charge >= 0.3 is 0 Å². The predicted molar refractivity (Wildman–Crippen MR) is 84.0 cm³/mol. The summed E-state index contributed by atoms with van der Waals surface area (Å²) in [6.07, 6.45) is 2.32. The molecule has 0 heterocycles. The van der Waals surface area contributed by atoms with E-state index in [0.29, 0.717) is 52.1 Å². The van der Waals surface area contributed by atoms with Gasteiger partial charge in [0.15, 0.2) is 0 Å². The maximum atomic E-state index is 12.6. The number of hydrogen-bond donors (Lipinski definition) is 1. The summed E-state index contributed by atoms with van der Waals surface area (Å²) in [5, 5.41) is 2.85. The van der Waals surface area contributed by atoms with Gasteiger partial charge in [-0.15, -0.1) is 0 Å². The molecule has 0 aromatic heterocycles. The minimum Gasteiger partial charge on any atom is -0.380 e. The molecule has 1 rings (SSSR count). The molecule has 0 saturated heterocycles. The van der Waals surface area contributed by atoms with Crippen molar-refractivity contribution in [3.63, 3.8) is 0 Å². The fourth-order valence-electron chi connectivity index (χ4n) is 1.97. The Morgan fingerprint density at radius 2 is 1.67 bits per heavy atom. The van der Waals surface area contributed by atoms with E-state index >= 15 is 0 Å². The number of sulfonamides is 1. The quantitative estimate of drug-likeness (QED) is 0.509. The van der Waals surface area contributed by atoms with Crippen molar-refractivity contribution in [1.82, 2.24) is 9.62 Å². The predicted octanol–water partition coefficient (Wildman–Crippen LogP) is 0.832. The molecule has 6 nitrogen and oxygen atoms in total. The highest BCUT2D eigenvalue weighted by Crippen LogP contribution is 2.19. The van der Waals surface area contributed by atoms with Crippen molar-refractivity contribution in [1.29, 1.82) is 0 Å². The van der Waals surface area contributed by atoms with Crippen molar-refractivity contribution in [2.75, 3.05) is 46.1 Å². The molecule has 7 heteroatoms. The third-order valence-corrected chi connectivity index (χ3v) is 5.79. The molecule has 0 aromatic rings. The summed E-state index contributed by atoms with van der Waals surface area (Å²) in [7, 11) is -3.32. The van der Waals surface area contributed by atoms with E-state index in [-0.39, 0.29) is 0 Å². The number of ether oxygens (including phenoxy) is 2. The van der Waals surface area contributed by atoms with E-state index in [2.05, 4.69) is 5.32 Å². The third kappa shape index (κ3) is 7.06. The van der Waals surface area contributed by atoms with Crippen LogP contribution in [0.25, 0.3) is 0 Å². The summed E-state index contributed by atoms with van der Waals surface area (Å²) >= 11 is 0. The largest absolute Gasteiger partial charge is 0.380 e. The molecule has 21 heavy (non-hydrogen) atoms. The third-order valence-electron chi connectivity index (χ3n) is 3.52. The molecular weight excluding hydrogens is 292 g/mol. The number of nitrogens with one attached hydrogen (secondary N) is 1. The molecule has 1 aliphatic carbocycles. The van der Waals surface area contributed by atoms with Crippen LogP contribution in [0, 0.1) is 0 Å². The van der Waals surface area contributed by atoms with E-state index < -0.39 is 15.3 Å². The lowest BCUT2D eigenvalue weighted by Gasteiger charge is -2.26. The van der Waals surface area contributed by atoms with Crippen LogP contribution >= 0.6 is 0 Å². The molecule has 0 spiro atoms. The van der Waals surface area contributed by atoms with Crippen LogP contribution in [-0.4, -0.2) is 70.1 Å². The SMILES string of the molecule is CCOCCN(CCOCC)S(=O)(=O)C(C)CNC1CC1. The Balaban J connectivity index is 2.52. The Labute approximate surface area is 129 Å². The maximum Gasteiger partial charge on any atom is 0.218 e. The van der Waals surface area contributed by atoms with E-state index in [1.165, 1.54) is 4.31 Å². The standard InChI is InChI=1S/C14H30N2O4S/c1-4-19-10-8-16(9-11-20-5-2)21(17,18)13(3)12-15-14-6-7-14/h13-15H,4-12H2,1-3H3. The zero-order valence-electron chi connectivity index (χ0n) is 13.5. The second-order valence-electron chi connectivity index (χ2n) is 5.33. The van der Waals surface area contributed by atoms with Crippen LogP contribution in [0.3, 0.4) is 0 Å². The molecular formula is C14H30N2O4S. The summed E-state index contributed by atoms with van der Waals surface area (Å²) in [5.41, 5.74) is 0. The Bertz CT molecular complexity index is 361. The minimum atomic E-state index is -3.32. The Morgan fingerprint density at radius 3 is 2.10 bits per heavy atom. The molecule has 1 fully saturated rings. The number of nitrogens with zero attached hydrogens (tertiary/aromatic N) is 1. The van der Waals surface area contributed by atoms with Gasteiger partial charge in [0, 0.05) is 38.9 Å². The van der Waals surface area contributed by atoms with Gasteiger partial charge in [0.2, 0.25) is 10.0 Å². The van der Waals surface area contributed by atoms with Crippen LogP contribution in [0.15, 0.2) is 0 Å².